The lowest BCUT2D eigenvalue weighted by atomic mass is 10.2. The third-order valence-electron chi connectivity index (χ3n) is 2.59. The number of aromatic hydroxyl groups is 1. The number of hydrogen-bond acceptors (Lipinski definition) is 5. The van der Waals surface area contributed by atoms with Crippen LogP contribution in [0.3, 0.4) is 0 Å². The van der Waals surface area contributed by atoms with Gasteiger partial charge in [-0.05, 0) is 13.0 Å². The Kier molecular flexibility index (Phi) is 3.84. The third kappa shape index (κ3) is 3.01. The summed E-state index contributed by atoms with van der Waals surface area (Å²) in [6, 6.07) is 7.12. The van der Waals surface area contributed by atoms with Crippen LogP contribution >= 0.6 is 0 Å². The first-order chi connectivity index (χ1) is 8.69. The molecular formula is C13H16N2O3. The van der Waals surface area contributed by atoms with Crippen LogP contribution in [-0.4, -0.2) is 17.4 Å². The van der Waals surface area contributed by atoms with Crippen LogP contribution in [0.2, 0.25) is 0 Å². The van der Waals surface area contributed by atoms with E-state index in [1.165, 1.54) is 0 Å². The Morgan fingerprint density at radius 2 is 2.17 bits per heavy atom. The monoisotopic (exact) mass is 248 g/mol. The molecule has 96 valence electrons. The molecule has 2 aromatic rings. The van der Waals surface area contributed by atoms with Crippen molar-refractivity contribution < 1.29 is 14.4 Å². The maximum Gasteiger partial charge on any atom is 0.133 e. The van der Waals surface area contributed by atoms with E-state index in [2.05, 4.69) is 10.5 Å². The molecular weight excluding hydrogens is 232 g/mol. The molecule has 0 bridgehead atoms. The lowest BCUT2D eigenvalue weighted by molar-refractivity contribution is 0.387. The first kappa shape index (κ1) is 12.4. The minimum atomic E-state index is 0.221. The molecule has 0 spiro atoms. The summed E-state index contributed by atoms with van der Waals surface area (Å²) >= 11 is 0. The Morgan fingerprint density at radius 3 is 2.78 bits per heavy atom. The normalized spacial score (nSPS) is 10.6. The van der Waals surface area contributed by atoms with Gasteiger partial charge in [0, 0.05) is 30.8 Å². The van der Waals surface area contributed by atoms with Gasteiger partial charge in [-0.1, -0.05) is 11.2 Å². The predicted molar refractivity (Wildman–Crippen MR) is 66.4 cm³/mol. The second kappa shape index (κ2) is 5.55. The minimum Gasteiger partial charge on any atom is -0.507 e. The van der Waals surface area contributed by atoms with Crippen molar-refractivity contribution in [2.24, 2.45) is 0 Å². The highest BCUT2D eigenvalue weighted by Crippen LogP contribution is 2.23. The molecule has 1 aromatic heterocycles. The van der Waals surface area contributed by atoms with Gasteiger partial charge < -0.3 is 19.7 Å². The highest BCUT2D eigenvalue weighted by atomic mass is 16.5. The van der Waals surface area contributed by atoms with Crippen molar-refractivity contribution in [2.75, 3.05) is 7.11 Å². The Balaban J connectivity index is 1.90. The van der Waals surface area contributed by atoms with Crippen LogP contribution in [0.4, 0.5) is 0 Å². The second-order valence-corrected chi connectivity index (χ2v) is 4.03. The van der Waals surface area contributed by atoms with E-state index >= 15 is 0 Å². The molecule has 2 N–H and O–H groups in total. The Labute approximate surface area is 105 Å². The van der Waals surface area contributed by atoms with Gasteiger partial charge >= 0.3 is 0 Å². The SMILES string of the molecule is COc1ccc(CNCc2cc(C)on2)c(O)c1. The van der Waals surface area contributed by atoms with Gasteiger partial charge in [-0.25, -0.2) is 0 Å². The van der Waals surface area contributed by atoms with E-state index in [-0.39, 0.29) is 5.75 Å². The molecule has 0 aliphatic rings. The average Bonchev–Trinajstić information content (AvgIpc) is 2.77. The van der Waals surface area contributed by atoms with Crippen LogP contribution < -0.4 is 10.1 Å². The summed E-state index contributed by atoms with van der Waals surface area (Å²) in [6.07, 6.45) is 0. The summed E-state index contributed by atoms with van der Waals surface area (Å²) in [5.41, 5.74) is 1.66. The molecule has 0 fully saturated rings. The van der Waals surface area contributed by atoms with Crippen molar-refractivity contribution in [1.29, 1.82) is 0 Å². The average molecular weight is 248 g/mol. The predicted octanol–water partition coefficient (Wildman–Crippen LogP) is 1.99. The Hall–Kier alpha value is -2.01. The molecule has 1 aromatic carbocycles. The van der Waals surface area contributed by atoms with E-state index in [0.29, 0.717) is 18.8 Å². The molecule has 18 heavy (non-hydrogen) atoms. The number of aryl methyl sites for hydroxylation is 1. The summed E-state index contributed by atoms with van der Waals surface area (Å²) in [6.45, 7) is 3.01. The van der Waals surface area contributed by atoms with Crippen LogP contribution in [-0.2, 0) is 13.1 Å². The van der Waals surface area contributed by atoms with Crippen molar-refractivity contribution in [3.05, 3.63) is 41.3 Å². The number of rotatable bonds is 5. The highest BCUT2D eigenvalue weighted by molar-refractivity contribution is 5.39. The molecule has 0 atom stereocenters. The summed E-state index contributed by atoms with van der Waals surface area (Å²) in [5, 5.41) is 16.8. The number of nitrogens with zero attached hydrogens (tertiary/aromatic N) is 1. The van der Waals surface area contributed by atoms with Crippen molar-refractivity contribution in [3.63, 3.8) is 0 Å². The zero-order chi connectivity index (χ0) is 13.0. The summed E-state index contributed by atoms with van der Waals surface area (Å²) < 4.78 is 9.99. The lowest BCUT2D eigenvalue weighted by Gasteiger charge is -2.07. The second-order valence-electron chi connectivity index (χ2n) is 4.03. The van der Waals surface area contributed by atoms with Crippen LogP contribution in [0, 0.1) is 6.92 Å². The van der Waals surface area contributed by atoms with Crippen molar-refractivity contribution in [2.45, 2.75) is 20.0 Å². The maximum atomic E-state index is 9.77. The fraction of sp³-hybridized carbons (Fsp3) is 0.308. The zero-order valence-electron chi connectivity index (χ0n) is 10.4. The number of phenolic OH excluding ortho intramolecular Hbond substituents is 1. The van der Waals surface area contributed by atoms with Gasteiger partial charge in [0.15, 0.2) is 0 Å². The molecule has 0 aliphatic heterocycles. The van der Waals surface area contributed by atoms with Gasteiger partial charge in [-0.3, -0.25) is 0 Å². The molecule has 0 aliphatic carbocycles. The summed E-state index contributed by atoms with van der Waals surface area (Å²) in [7, 11) is 1.57. The highest BCUT2D eigenvalue weighted by Gasteiger charge is 2.04. The lowest BCUT2D eigenvalue weighted by Crippen LogP contribution is -2.12. The van der Waals surface area contributed by atoms with Crippen molar-refractivity contribution in [3.8, 4) is 11.5 Å². The van der Waals surface area contributed by atoms with Crippen LogP contribution in [0.15, 0.2) is 28.8 Å². The van der Waals surface area contributed by atoms with E-state index < -0.39 is 0 Å². The first-order valence-electron chi connectivity index (χ1n) is 5.68. The smallest absolute Gasteiger partial charge is 0.133 e. The summed E-state index contributed by atoms with van der Waals surface area (Å²) in [5.74, 6) is 1.65. The van der Waals surface area contributed by atoms with Gasteiger partial charge in [-0.2, -0.15) is 0 Å². The zero-order valence-corrected chi connectivity index (χ0v) is 10.4. The molecule has 0 radical (unpaired) electrons. The maximum absolute atomic E-state index is 9.77. The van der Waals surface area contributed by atoms with E-state index in [4.69, 9.17) is 9.26 Å². The molecule has 0 amide bonds. The standard InChI is InChI=1S/C13H16N2O3/c1-9-5-11(15-18-9)8-14-7-10-3-4-12(17-2)6-13(10)16/h3-6,14,16H,7-8H2,1-2H3. The molecule has 0 unspecified atom stereocenters. The Morgan fingerprint density at radius 1 is 1.33 bits per heavy atom. The first-order valence-corrected chi connectivity index (χ1v) is 5.68. The van der Waals surface area contributed by atoms with Crippen molar-refractivity contribution in [1.82, 2.24) is 10.5 Å². The van der Waals surface area contributed by atoms with Gasteiger partial charge in [0.05, 0.1) is 12.8 Å². The topological polar surface area (TPSA) is 67.5 Å². The molecule has 5 heteroatoms. The molecule has 2 rings (SSSR count). The molecule has 0 saturated heterocycles. The number of nitrogens with one attached hydrogen (secondary N) is 1. The minimum absolute atomic E-state index is 0.221. The van der Waals surface area contributed by atoms with E-state index in [9.17, 15) is 5.11 Å². The number of hydrogen-bond donors (Lipinski definition) is 2. The van der Waals surface area contributed by atoms with Crippen molar-refractivity contribution >= 4 is 0 Å². The molecule has 1 heterocycles. The van der Waals surface area contributed by atoms with Crippen LogP contribution in [0.25, 0.3) is 0 Å². The quantitative estimate of drug-likeness (QED) is 0.847. The van der Waals surface area contributed by atoms with Crippen LogP contribution in [0.1, 0.15) is 17.0 Å². The third-order valence-corrected chi connectivity index (χ3v) is 2.59. The van der Waals surface area contributed by atoms with Gasteiger partial charge in [-0.15, -0.1) is 0 Å². The van der Waals surface area contributed by atoms with Gasteiger partial charge in [0.1, 0.15) is 17.3 Å². The number of aromatic nitrogens is 1. The largest absolute Gasteiger partial charge is 0.507 e. The number of ether oxygens (including phenoxy) is 1. The van der Waals surface area contributed by atoms with Crippen LogP contribution in [0.5, 0.6) is 11.5 Å². The van der Waals surface area contributed by atoms with E-state index in [0.717, 1.165) is 17.0 Å². The van der Waals surface area contributed by atoms with E-state index in [1.54, 1.807) is 13.2 Å². The Bertz CT molecular complexity index is 523. The summed E-state index contributed by atoms with van der Waals surface area (Å²) in [4.78, 5) is 0. The molecule has 5 nitrogen and oxygen atoms in total. The molecule has 0 saturated carbocycles. The number of phenols is 1. The number of methoxy groups -OCH3 is 1. The van der Waals surface area contributed by atoms with E-state index in [1.807, 2.05) is 25.1 Å². The fourth-order valence-corrected chi connectivity index (χ4v) is 1.65. The van der Waals surface area contributed by atoms with Gasteiger partial charge in [0.25, 0.3) is 0 Å². The number of benzene rings is 1. The van der Waals surface area contributed by atoms with Gasteiger partial charge in [0.2, 0.25) is 0 Å². The fourth-order valence-electron chi connectivity index (χ4n) is 1.65.